The maximum atomic E-state index is 12.3. The van der Waals surface area contributed by atoms with E-state index in [1.807, 2.05) is 66.2 Å². The summed E-state index contributed by atoms with van der Waals surface area (Å²) < 4.78 is 2.94. The van der Waals surface area contributed by atoms with Crippen molar-refractivity contribution in [1.29, 1.82) is 0 Å². The lowest BCUT2D eigenvalue weighted by Gasteiger charge is -2.33. The second-order valence-electron chi connectivity index (χ2n) is 8.81. The van der Waals surface area contributed by atoms with Crippen LogP contribution in [0, 0.1) is 5.92 Å². The minimum absolute atomic E-state index is 0.00939. The van der Waals surface area contributed by atoms with E-state index in [9.17, 15) is 9.59 Å². The SMILES string of the molecule is CNC(C)CN1CCC(n2c(=O)[nH]c3cc(Br)ccc32)CC1.O=CC1CC1.c1ccccc1. The van der Waals surface area contributed by atoms with Gasteiger partial charge in [-0.3, -0.25) is 4.57 Å². The van der Waals surface area contributed by atoms with Gasteiger partial charge in [0.05, 0.1) is 11.0 Å². The fourth-order valence-electron chi connectivity index (χ4n) is 3.92. The lowest BCUT2D eigenvalue weighted by atomic mass is 10.0. The molecule has 178 valence electrons. The molecule has 2 fully saturated rings. The van der Waals surface area contributed by atoms with Crippen molar-refractivity contribution in [2.45, 2.75) is 44.7 Å². The number of piperidine rings is 1. The molecule has 0 spiro atoms. The zero-order chi connectivity index (χ0) is 23.6. The van der Waals surface area contributed by atoms with Gasteiger partial charge in [0.15, 0.2) is 0 Å². The molecule has 2 heterocycles. The molecular formula is C26H35BrN4O2. The van der Waals surface area contributed by atoms with Crippen molar-refractivity contribution in [3.05, 3.63) is 69.6 Å². The summed E-state index contributed by atoms with van der Waals surface area (Å²) in [5.41, 5.74) is 1.93. The van der Waals surface area contributed by atoms with E-state index in [0.29, 0.717) is 18.0 Å². The minimum atomic E-state index is 0.00939. The third kappa shape index (κ3) is 7.95. The van der Waals surface area contributed by atoms with Crippen LogP contribution in [0.4, 0.5) is 0 Å². The zero-order valence-electron chi connectivity index (χ0n) is 19.5. The fourth-order valence-corrected chi connectivity index (χ4v) is 4.28. The normalized spacial score (nSPS) is 17.4. The number of aromatic amines is 1. The number of aldehydes is 1. The number of nitrogens with one attached hydrogen (secondary N) is 2. The Morgan fingerprint density at radius 2 is 1.70 bits per heavy atom. The maximum Gasteiger partial charge on any atom is 0.326 e. The molecule has 0 bridgehead atoms. The van der Waals surface area contributed by atoms with E-state index in [-0.39, 0.29) is 5.69 Å². The number of halogens is 1. The molecule has 7 heteroatoms. The van der Waals surface area contributed by atoms with Crippen LogP contribution >= 0.6 is 15.9 Å². The lowest BCUT2D eigenvalue weighted by molar-refractivity contribution is -0.108. The first kappa shape index (κ1) is 25.4. The number of aromatic nitrogens is 2. The third-order valence-electron chi connectivity index (χ3n) is 6.11. The van der Waals surface area contributed by atoms with Crippen molar-refractivity contribution in [2.24, 2.45) is 5.92 Å². The maximum absolute atomic E-state index is 12.3. The number of benzene rings is 2. The highest BCUT2D eigenvalue weighted by Gasteiger charge is 2.24. The standard InChI is InChI=1S/C16H23BrN4O.C6H6.C4H6O/c1-11(18-2)10-20-7-5-13(6-8-20)21-15-4-3-12(17)9-14(15)19-16(21)22;1-2-4-6-5-3-1;5-3-4-1-2-4/h3-4,9,11,13,18H,5-8,10H2,1-2H3,(H,19,22);1-6H;3-4H,1-2H2. The molecule has 2 aliphatic rings. The number of imidazole rings is 1. The molecule has 1 saturated carbocycles. The van der Waals surface area contributed by atoms with Gasteiger partial charge in [0, 0.05) is 42.1 Å². The summed E-state index contributed by atoms with van der Waals surface area (Å²) in [4.78, 5) is 27.3. The smallest absolute Gasteiger partial charge is 0.316 e. The molecule has 1 saturated heterocycles. The van der Waals surface area contributed by atoms with Crippen LogP contribution in [0.2, 0.25) is 0 Å². The molecule has 3 aromatic rings. The minimum Gasteiger partial charge on any atom is -0.316 e. The summed E-state index contributed by atoms with van der Waals surface area (Å²) in [6.07, 6.45) is 5.37. The summed E-state index contributed by atoms with van der Waals surface area (Å²) in [6, 6.07) is 18.8. The van der Waals surface area contributed by atoms with Gasteiger partial charge < -0.3 is 20.0 Å². The van der Waals surface area contributed by atoms with Gasteiger partial charge in [0.2, 0.25) is 0 Å². The second kappa shape index (κ2) is 12.9. The fraction of sp³-hybridized carbons (Fsp3) is 0.462. The largest absolute Gasteiger partial charge is 0.326 e. The zero-order valence-corrected chi connectivity index (χ0v) is 21.1. The van der Waals surface area contributed by atoms with Crippen LogP contribution in [0.25, 0.3) is 11.0 Å². The first-order valence-electron chi connectivity index (χ1n) is 11.8. The van der Waals surface area contributed by atoms with E-state index in [0.717, 1.165) is 67.1 Å². The van der Waals surface area contributed by atoms with Crippen molar-refractivity contribution < 1.29 is 4.79 Å². The highest BCUT2D eigenvalue weighted by Crippen LogP contribution is 2.26. The molecule has 1 aliphatic heterocycles. The highest BCUT2D eigenvalue weighted by atomic mass is 79.9. The number of rotatable bonds is 5. The Morgan fingerprint density at radius 3 is 2.18 bits per heavy atom. The van der Waals surface area contributed by atoms with Crippen molar-refractivity contribution in [1.82, 2.24) is 19.8 Å². The van der Waals surface area contributed by atoms with Gasteiger partial charge in [-0.25, -0.2) is 4.79 Å². The van der Waals surface area contributed by atoms with Gasteiger partial charge in [-0.05, 0) is 57.9 Å². The van der Waals surface area contributed by atoms with E-state index in [1.54, 1.807) is 0 Å². The second-order valence-corrected chi connectivity index (χ2v) is 9.73. The molecule has 33 heavy (non-hydrogen) atoms. The van der Waals surface area contributed by atoms with Crippen molar-refractivity contribution >= 4 is 33.2 Å². The van der Waals surface area contributed by atoms with Crippen molar-refractivity contribution in [2.75, 3.05) is 26.7 Å². The summed E-state index contributed by atoms with van der Waals surface area (Å²) in [5, 5.41) is 3.28. The van der Waals surface area contributed by atoms with Gasteiger partial charge >= 0.3 is 5.69 Å². The first-order chi connectivity index (χ1) is 16.0. The molecule has 0 radical (unpaired) electrons. The van der Waals surface area contributed by atoms with Crippen LogP contribution in [-0.4, -0.2) is 53.5 Å². The monoisotopic (exact) mass is 514 g/mol. The number of carbonyl (C=O) groups excluding carboxylic acids is 1. The molecule has 6 nitrogen and oxygen atoms in total. The van der Waals surface area contributed by atoms with E-state index in [4.69, 9.17) is 0 Å². The van der Waals surface area contributed by atoms with Gasteiger partial charge in [-0.15, -0.1) is 0 Å². The molecule has 0 amide bonds. The molecule has 1 aliphatic carbocycles. The Balaban J connectivity index is 0.000000226. The molecule has 1 atom stereocenters. The average Bonchev–Trinajstić information content (AvgIpc) is 3.63. The number of hydrogen-bond donors (Lipinski definition) is 2. The average molecular weight is 515 g/mol. The Kier molecular flexibility index (Phi) is 9.91. The predicted octanol–water partition coefficient (Wildman–Crippen LogP) is 4.62. The van der Waals surface area contributed by atoms with Crippen LogP contribution in [0.3, 0.4) is 0 Å². The number of fused-ring (bicyclic) bond motifs is 1. The molecule has 5 rings (SSSR count). The Morgan fingerprint density at radius 1 is 1.09 bits per heavy atom. The molecule has 2 N–H and O–H groups in total. The lowest BCUT2D eigenvalue weighted by Crippen LogP contribution is -2.43. The summed E-state index contributed by atoms with van der Waals surface area (Å²) >= 11 is 3.46. The van der Waals surface area contributed by atoms with Gasteiger partial charge in [-0.1, -0.05) is 52.3 Å². The van der Waals surface area contributed by atoms with Crippen LogP contribution in [0.1, 0.15) is 38.6 Å². The third-order valence-corrected chi connectivity index (χ3v) is 6.60. The molecule has 1 unspecified atom stereocenters. The Labute approximate surface area is 204 Å². The van der Waals surface area contributed by atoms with E-state index in [2.05, 4.69) is 38.1 Å². The summed E-state index contributed by atoms with van der Waals surface area (Å²) in [6.45, 7) is 5.37. The van der Waals surface area contributed by atoms with E-state index >= 15 is 0 Å². The van der Waals surface area contributed by atoms with E-state index < -0.39 is 0 Å². The summed E-state index contributed by atoms with van der Waals surface area (Å²) in [7, 11) is 2.00. The summed E-state index contributed by atoms with van der Waals surface area (Å²) in [5.74, 6) is 0.454. The quantitative estimate of drug-likeness (QED) is 0.487. The van der Waals surface area contributed by atoms with Crippen LogP contribution in [0.5, 0.6) is 0 Å². The molecule has 2 aromatic carbocycles. The number of hydrogen-bond acceptors (Lipinski definition) is 4. The predicted molar refractivity (Wildman–Crippen MR) is 139 cm³/mol. The van der Waals surface area contributed by atoms with Gasteiger partial charge in [0.1, 0.15) is 6.29 Å². The van der Waals surface area contributed by atoms with E-state index in [1.165, 1.54) is 0 Å². The van der Waals surface area contributed by atoms with Gasteiger partial charge in [-0.2, -0.15) is 0 Å². The Hall–Kier alpha value is -2.22. The van der Waals surface area contributed by atoms with Crippen LogP contribution < -0.4 is 11.0 Å². The topological polar surface area (TPSA) is 70.1 Å². The number of likely N-dealkylation sites (N-methyl/N-ethyl adjacent to an activating group) is 1. The molecule has 1 aromatic heterocycles. The number of likely N-dealkylation sites (tertiary alicyclic amines) is 1. The highest BCUT2D eigenvalue weighted by molar-refractivity contribution is 9.10. The first-order valence-corrected chi connectivity index (χ1v) is 12.6. The number of H-pyrrole nitrogens is 1. The van der Waals surface area contributed by atoms with Gasteiger partial charge in [0.25, 0.3) is 0 Å². The van der Waals surface area contributed by atoms with Crippen molar-refractivity contribution in [3.63, 3.8) is 0 Å². The number of nitrogens with zero attached hydrogens (tertiary/aromatic N) is 2. The molecular weight excluding hydrogens is 480 g/mol. The number of carbonyl (C=O) groups is 1. The van der Waals surface area contributed by atoms with Crippen LogP contribution in [-0.2, 0) is 4.79 Å². The van der Waals surface area contributed by atoms with Crippen molar-refractivity contribution in [3.8, 4) is 0 Å². The Bertz CT molecular complexity index is 1010. The van der Waals surface area contributed by atoms with Crippen LogP contribution in [0.15, 0.2) is 63.9 Å².